The second-order valence-corrected chi connectivity index (χ2v) is 5.91. The molecule has 0 spiro atoms. The van der Waals surface area contributed by atoms with Gasteiger partial charge in [-0.05, 0) is 33.3 Å². The van der Waals surface area contributed by atoms with E-state index in [4.69, 9.17) is 6.42 Å². The van der Waals surface area contributed by atoms with Gasteiger partial charge >= 0.3 is 0 Å². The van der Waals surface area contributed by atoms with Crippen LogP contribution >= 0.6 is 0 Å². The van der Waals surface area contributed by atoms with E-state index in [0.29, 0.717) is 13.1 Å². The molecule has 0 aliphatic heterocycles. The van der Waals surface area contributed by atoms with Crippen LogP contribution in [0.15, 0.2) is 35.3 Å². The van der Waals surface area contributed by atoms with Crippen molar-refractivity contribution in [1.82, 2.24) is 16.0 Å². The van der Waals surface area contributed by atoms with Crippen molar-refractivity contribution in [2.75, 3.05) is 19.6 Å². The van der Waals surface area contributed by atoms with Crippen molar-refractivity contribution in [2.24, 2.45) is 4.99 Å². The molecule has 0 aromatic heterocycles. The number of rotatable bonds is 7. The van der Waals surface area contributed by atoms with Gasteiger partial charge in [0.15, 0.2) is 5.96 Å². The number of nitrogens with one attached hydrogen (secondary N) is 3. The van der Waals surface area contributed by atoms with E-state index in [-0.39, 0.29) is 11.6 Å². The molecule has 120 valence electrons. The van der Waals surface area contributed by atoms with Crippen molar-refractivity contribution in [2.45, 2.75) is 39.3 Å². The first-order valence-corrected chi connectivity index (χ1v) is 7.77. The van der Waals surface area contributed by atoms with E-state index in [1.807, 2.05) is 13.0 Å². The molecule has 0 saturated carbocycles. The number of benzene rings is 1. The molecule has 1 atom stereocenters. The van der Waals surface area contributed by atoms with Gasteiger partial charge in [-0.1, -0.05) is 36.3 Å². The minimum atomic E-state index is -0.117. The van der Waals surface area contributed by atoms with Crippen molar-refractivity contribution in [1.29, 1.82) is 0 Å². The molecule has 3 N–H and O–H groups in total. The van der Waals surface area contributed by atoms with Crippen LogP contribution in [0.2, 0.25) is 0 Å². The highest BCUT2D eigenvalue weighted by molar-refractivity contribution is 5.80. The predicted octanol–water partition coefficient (Wildman–Crippen LogP) is 2.30. The molecule has 0 aliphatic carbocycles. The molecule has 0 amide bonds. The lowest BCUT2D eigenvalue weighted by atomic mass is 10.0. The number of nitrogens with zero attached hydrogens (tertiary/aromatic N) is 1. The molecule has 4 nitrogen and oxygen atoms in total. The average Bonchev–Trinajstić information content (AvgIpc) is 2.50. The topological polar surface area (TPSA) is 48.5 Å². The maximum absolute atomic E-state index is 5.28. The Kier molecular flexibility index (Phi) is 7.48. The smallest absolute Gasteiger partial charge is 0.192 e. The first-order chi connectivity index (χ1) is 10.5. The van der Waals surface area contributed by atoms with Crippen LogP contribution in [0.3, 0.4) is 0 Å². The molecule has 0 aliphatic rings. The molecule has 0 bridgehead atoms. The van der Waals surface area contributed by atoms with E-state index in [2.05, 4.69) is 71.9 Å². The lowest BCUT2D eigenvalue weighted by molar-refractivity contribution is 0.356. The van der Waals surface area contributed by atoms with Gasteiger partial charge in [-0.2, -0.15) is 0 Å². The molecular weight excluding hydrogens is 272 g/mol. The average molecular weight is 300 g/mol. The summed E-state index contributed by atoms with van der Waals surface area (Å²) in [5, 5.41) is 9.92. The summed E-state index contributed by atoms with van der Waals surface area (Å²) in [5.74, 6) is 3.31. The molecule has 0 heterocycles. The van der Waals surface area contributed by atoms with Gasteiger partial charge in [-0.25, -0.2) is 0 Å². The molecule has 1 aromatic rings. The fraction of sp³-hybridized carbons (Fsp3) is 0.500. The van der Waals surface area contributed by atoms with Gasteiger partial charge in [-0.3, -0.25) is 4.99 Å². The van der Waals surface area contributed by atoms with Crippen LogP contribution in [0.5, 0.6) is 0 Å². The third kappa shape index (κ3) is 6.64. The Labute approximate surface area is 134 Å². The SMILES string of the molecule is C#CCNC(=NCC(C)(C)NC(C)c1ccccc1)NCC. The van der Waals surface area contributed by atoms with Crippen molar-refractivity contribution < 1.29 is 0 Å². The fourth-order valence-corrected chi connectivity index (χ4v) is 2.21. The standard InChI is InChI=1S/C18H28N4/c1-6-13-20-17(19-7-2)21-14-18(4,5)22-15(3)16-11-9-8-10-12-16/h1,8-12,15,22H,7,13-14H2,2-5H3,(H2,19,20,21). The van der Waals surface area contributed by atoms with E-state index in [9.17, 15) is 0 Å². The first kappa shape index (κ1) is 18.1. The van der Waals surface area contributed by atoms with Gasteiger partial charge in [0.1, 0.15) is 0 Å². The highest BCUT2D eigenvalue weighted by atomic mass is 15.2. The summed E-state index contributed by atoms with van der Waals surface area (Å²) in [5.41, 5.74) is 1.16. The Hall–Kier alpha value is -1.99. The fourth-order valence-electron chi connectivity index (χ4n) is 2.21. The molecule has 1 aromatic carbocycles. The van der Waals surface area contributed by atoms with E-state index >= 15 is 0 Å². The highest BCUT2D eigenvalue weighted by Crippen LogP contribution is 2.16. The maximum atomic E-state index is 5.28. The molecule has 4 heteroatoms. The summed E-state index contributed by atoms with van der Waals surface area (Å²) in [6, 6.07) is 10.7. The summed E-state index contributed by atoms with van der Waals surface area (Å²) < 4.78 is 0. The van der Waals surface area contributed by atoms with E-state index in [0.717, 1.165) is 12.5 Å². The highest BCUT2D eigenvalue weighted by Gasteiger charge is 2.20. The lowest BCUT2D eigenvalue weighted by Crippen LogP contribution is -2.45. The van der Waals surface area contributed by atoms with Crippen molar-refractivity contribution in [3.05, 3.63) is 35.9 Å². The summed E-state index contributed by atoms with van der Waals surface area (Å²) >= 11 is 0. The van der Waals surface area contributed by atoms with Gasteiger partial charge in [0.2, 0.25) is 0 Å². The van der Waals surface area contributed by atoms with Crippen LogP contribution in [0.1, 0.15) is 39.3 Å². The Morgan fingerprint density at radius 1 is 1.27 bits per heavy atom. The summed E-state index contributed by atoms with van der Waals surface area (Å²) in [7, 11) is 0. The summed E-state index contributed by atoms with van der Waals surface area (Å²) in [4.78, 5) is 4.61. The Bertz CT molecular complexity index is 500. The molecule has 1 unspecified atom stereocenters. The lowest BCUT2D eigenvalue weighted by Gasteiger charge is -2.29. The Morgan fingerprint density at radius 3 is 2.55 bits per heavy atom. The maximum Gasteiger partial charge on any atom is 0.192 e. The van der Waals surface area contributed by atoms with Crippen LogP contribution in [-0.2, 0) is 0 Å². The number of hydrogen-bond acceptors (Lipinski definition) is 2. The van der Waals surface area contributed by atoms with E-state index in [1.54, 1.807) is 0 Å². The van der Waals surface area contributed by atoms with Gasteiger partial charge in [0, 0.05) is 18.1 Å². The monoisotopic (exact) mass is 300 g/mol. The third-order valence-corrected chi connectivity index (χ3v) is 3.24. The molecule has 1 rings (SSSR count). The third-order valence-electron chi connectivity index (χ3n) is 3.24. The molecule has 22 heavy (non-hydrogen) atoms. The normalized spacial score (nSPS) is 13.3. The molecule has 0 saturated heterocycles. The zero-order valence-corrected chi connectivity index (χ0v) is 14.1. The second kappa shape index (κ2) is 9.11. The predicted molar refractivity (Wildman–Crippen MR) is 94.9 cm³/mol. The van der Waals surface area contributed by atoms with Crippen molar-refractivity contribution in [3.8, 4) is 12.3 Å². The van der Waals surface area contributed by atoms with Gasteiger partial charge in [0.05, 0.1) is 13.1 Å². The molecule has 0 fully saturated rings. The Balaban J connectivity index is 2.63. The second-order valence-electron chi connectivity index (χ2n) is 5.91. The van der Waals surface area contributed by atoms with Crippen LogP contribution in [0.25, 0.3) is 0 Å². The van der Waals surface area contributed by atoms with Crippen molar-refractivity contribution in [3.63, 3.8) is 0 Å². The Morgan fingerprint density at radius 2 is 1.95 bits per heavy atom. The summed E-state index contributed by atoms with van der Waals surface area (Å²) in [6.45, 7) is 10.5. The van der Waals surface area contributed by atoms with Crippen LogP contribution in [0.4, 0.5) is 0 Å². The number of aliphatic imine (C=N–C) groups is 1. The van der Waals surface area contributed by atoms with Gasteiger partial charge in [0.25, 0.3) is 0 Å². The molecule has 0 radical (unpaired) electrons. The van der Waals surface area contributed by atoms with Crippen LogP contribution in [0, 0.1) is 12.3 Å². The van der Waals surface area contributed by atoms with Crippen molar-refractivity contribution >= 4 is 5.96 Å². The van der Waals surface area contributed by atoms with Gasteiger partial charge in [-0.15, -0.1) is 6.42 Å². The zero-order valence-electron chi connectivity index (χ0n) is 14.1. The van der Waals surface area contributed by atoms with Crippen LogP contribution < -0.4 is 16.0 Å². The summed E-state index contributed by atoms with van der Waals surface area (Å²) in [6.07, 6.45) is 5.28. The zero-order chi connectivity index (χ0) is 16.4. The number of terminal acetylenes is 1. The van der Waals surface area contributed by atoms with Crippen LogP contribution in [-0.4, -0.2) is 31.1 Å². The first-order valence-electron chi connectivity index (χ1n) is 7.77. The number of hydrogen-bond donors (Lipinski definition) is 3. The molecular formula is C18H28N4. The quantitative estimate of drug-likeness (QED) is 0.411. The van der Waals surface area contributed by atoms with E-state index < -0.39 is 0 Å². The van der Waals surface area contributed by atoms with E-state index in [1.165, 1.54) is 5.56 Å². The number of guanidine groups is 1. The minimum absolute atomic E-state index is 0.117. The van der Waals surface area contributed by atoms with Gasteiger partial charge < -0.3 is 16.0 Å². The minimum Gasteiger partial charge on any atom is -0.357 e. The largest absolute Gasteiger partial charge is 0.357 e.